The fourth-order valence-electron chi connectivity index (χ4n) is 3.41. The number of likely N-dealkylation sites (tertiary alicyclic amines) is 1. The van der Waals surface area contributed by atoms with E-state index in [9.17, 15) is 4.79 Å². The summed E-state index contributed by atoms with van der Waals surface area (Å²) in [6.45, 7) is 3.83. The van der Waals surface area contributed by atoms with Crippen molar-refractivity contribution in [3.8, 4) is 5.75 Å². The molecular weight excluding hydrogens is 328 g/mol. The lowest BCUT2D eigenvalue weighted by atomic mass is 9.90. The Bertz CT molecular complexity index is 680. The molecular formula is C21H26N2O3. The number of hydrogen-bond acceptors (Lipinski definition) is 3. The highest BCUT2D eigenvalue weighted by molar-refractivity contribution is 5.82. The van der Waals surface area contributed by atoms with Crippen molar-refractivity contribution in [2.45, 2.75) is 19.3 Å². The van der Waals surface area contributed by atoms with Gasteiger partial charge in [0.15, 0.2) is 0 Å². The maximum atomic E-state index is 10.6. The van der Waals surface area contributed by atoms with Crippen molar-refractivity contribution >= 4 is 11.8 Å². The first kappa shape index (κ1) is 18.3. The SMILES string of the molecule is O=C(O)Nc1ccc(OCCN2CCC(Cc3ccccc3)CC2)cc1. The van der Waals surface area contributed by atoms with Crippen molar-refractivity contribution in [1.29, 1.82) is 0 Å². The molecule has 26 heavy (non-hydrogen) atoms. The molecule has 138 valence electrons. The average Bonchev–Trinajstić information content (AvgIpc) is 2.65. The smallest absolute Gasteiger partial charge is 0.409 e. The Morgan fingerprint density at radius 3 is 2.42 bits per heavy atom. The van der Waals surface area contributed by atoms with Crippen LogP contribution < -0.4 is 10.1 Å². The zero-order chi connectivity index (χ0) is 18.2. The molecule has 0 aliphatic carbocycles. The number of piperidine rings is 1. The van der Waals surface area contributed by atoms with Crippen LogP contribution in [-0.4, -0.2) is 42.3 Å². The van der Waals surface area contributed by atoms with E-state index in [1.54, 1.807) is 24.3 Å². The first-order chi connectivity index (χ1) is 12.7. The van der Waals surface area contributed by atoms with Crippen LogP contribution in [0.15, 0.2) is 54.6 Å². The molecule has 5 heteroatoms. The predicted octanol–water partition coefficient (Wildman–Crippen LogP) is 4.11. The molecule has 0 radical (unpaired) electrons. The van der Waals surface area contributed by atoms with Gasteiger partial charge in [0.05, 0.1) is 0 Å². The summed E-state index contributed by atoms with van der Waals surface area (Å²) in [6.07, 6.45) is 2.60. The molecule has 1 saturated heterocycles. The van der Waals surface area contributed by atoms with Gasteiger partial charge in [-0.3, -0.25) is 10.2 Å². The summed E-state index contributed by atoms with van der Waals surface area (Å²) in [5, 5.41) is 11.0. The van der Waals surface area contributed by atoms with Gasteiger partial charge in [0.25, 0.3) is 0 Å². The van der Waals surface area contributed by atoms with Crippen LogP contribution in [0.3, 0.4) is 0 Å². The molecule has 2 aromatic rings. The van der Waals surface area contributed by atoms with Gasteiger partial charge < -0.3 is 9.84 Å². The van der Waals surface area contributed by atoms with E-state index in [2.05, 4.69) is 40.5 Å². The number of carbonyl (C=O) groups is 1. The maximum Gasteiger partial charge on any atom is 0.409 e. The Hall–Kier alpha value is -2.53. The molecule has 0 aromatic heterocycles. The van der Waals surface area contributed by atoms with Crippen molar-refractivity contribution < 1.29 is 14.6 Å². The molecule has 0 spiro atoms. The van der Waals surface area contributed by atoms with Crippen molar-refractivity contribution in [2.75, 3.05) is 31.6 Å². The van der Waals surface area contributed by atoms with E-state index >= 15 is 0 Å². The van der Waals surface area contributed by atoms with E-state index < -0.39 is 6.09 Å². The fourth-order valence-corrected chi connectivity index (χ4v) is 3.41. The summed E-state index contributed by atoms with van der Waals surface area (Å²) >= 11 is 0. The number of rotatable bonds is 7. The fraction of sp³-hybridized carbons (Fsp3) is 0.381. The van der Waals surface area contributed by atoms with Crippen LogP contribution in [0.5, 0.6) is 5.75 Å². The summed E-state index contributed by atoms with van der Waals surface area (Å²) in [5.74, 6) is 1.55. The molecule has 0 unspecified atom stereocenters. The molecule has 0 bridgehead atoms. The molecule has 3 rings (SSSR count). The number of anilines is 1. The van der Waals surface area contributed by atoms with E-state index in [1.165, 1.54) is 24.8 Å². The number of benzene rings is 2. The first-order valence-electron chi connectivity index (χ1n) is 9.18. The maximum absolute atomic E-state index is 10.6. The Morgan fingerprint density at radius 1 is 1.08 bits per heavy atom. The molecule has 1 aliphatic heterocycles. The first-order valence-corrected chi connectivity index (χ1v) is 9.18. The minimum absolute atomic E-state index is 0.547. The normalized spacial score (nSPS) is 15.5. The Balaban J connectivity index is 1.34. The number of carboxylic acid groups (broad SMARTS) is 1. The minimum atomic E-state index is -1.06. The molecule has 1 aliphatic rings. The summed E-state index contributed by atoms with van der Waals surface area (Å²) in [4.78, 5) is 13.0. The van der Waals surface area contributed by atoms with Crippen molar-refractivity contribution in [3.05, 3.63) is 60.2 Å². The van der Waals surface area contributed by atoms with Gasteiger partial charge in [0, 0.05) is 12.2 Å². The molecule has 1 heterocycles. The minimum Gasteiger partial charge on any atom is -0.492 e. The average molecular weight is 354 g/mol. The van der Waals surface area contributed by atoms with Crippen LogP contribution in [0.4, 0.5) is 10.5 Å². The van der Waals surface area contributed by atoms with E-state index in [1.807, 2.05) is 0 Å². The van der Waals surface area contributed by atoms with E-state index in [0.29, 0.717) is 12.3 Å². The second-order valence-corrected chi connectivity index (χ2v) is 6.78. The summed E-state index contributed by atoms with van der Waals surface area (Å²) < 4.78 is 5.77. The highest BCUT2D eigenvalue weighted by Gasteiger charge is 2.19. The van der Waals surface area contributed by atoms with Gasteiger partial charge in [-0.15, -0.1) is 0 Å². The molecule has 2 N–H and O–H groups in total. The lowest BCUT2D eigenvalue weighted by molar-refractivity contribution is 0.155. The van der Waals surface area contributed by atoms with Crippen LogP contribution in [-0.2, 0) is 6.42 Å². The monoisotopic (exact) mass is 354 g/mol. The standard InChI is InChI=1S/C21H26N2O3/c24-21(25)22-19-6-8-20(9-7-19)26-15-14-23-12-10-18(11-13-23)16-17-4-2-1-3-5-17/h1-9,18,22H,10-16H2,(H,24,25). The second kappa shape index (κ2) is 9.25. The Kier molecular flexibility index (Phi) is 6.50. The highest BCUT2D eigenvalue weighted by Crippen LogP contribution is 2.21. The largest absolute Gasteiger partial charge is 0.492 e. The van der Waals surface area contributed by atoms with Crippen LogP contribution in [0.1, 0.15) is 18.4 Å². The third-order valence-electron chi connectivity index (χ3n) is 4.86. The Morgan fingerprint density at radius 2 is 1.77 bits per heavy atom. The summed E-state index contributed by atoms with van der Waals surface area (Å²) in [5.41, 5.74) is 1.99. The molecule has 0 atom stereocenters. The van der Waals surface area contributed by atoms with Crippen molar-refractivity contribution in [2.24, 2.45) is 5.92 Å². The van der Waals surface area contributed by atoms with Gasteiger partial charge in [-0.2, -0.15) is 0 Å². The van der Waals surface area contributed by atoms with E-state index in [4.69, 9.17) is 9.84 Å². The number of nitrogens with one attached hydrogen (secondary N) is 1. The number of ether oxygens (including phenoxy) is 1. The van der Waals surface area contributed by atoms with Gasteiger partial charge >= 0.3 is 6.09 Å². The lowest BCUT2D eigenvalue weighted by Crippen LogP contribution is -2.37. The molecule has 0 saturated carbocycles. The molecule has 1 fully saturated rings. The van der Waals surface area contributed by atoms with Crippen molar-refractivity contribution in [1.82, 2.24) is 4.90 Å². The highest BCUT2D eigenvalue weighted by atomic mass is 16.5. The molecule has 1 amide bonds. The molecule has 5 nitrogen and oxygen atoms in total. The second-order valence-electron chi connectivity index (χ2n) is 6.78. The van der Waals surface area contributed by atoms with E-state index in [0.717, 1.165) is 31.3 Å². The zero-order valence-electron chi connectivity index (χ0n) is 14.9. The van der Waals surface area contributed by atoms with Gasteiger partial charge in [0.1, 0.15) is 12.4 Å². The summed E-state index contributed by atoms with van der Waals surface area (Å²) in [6, 6.07) is 17.7. The third kappa shape index (κ3) is 5.77. The summed E-state index contributed by atoms with van der Waals surface area (Å²) in [7, 11) is 0. The van der Waals surface area contributed by atoms with Crippen LogP contribution >= 0.6 is 0 Å². The van der Waals surface area contributed by atoms with Crippen LogP contribution in [0.2, 0.25) is 0 Å². The van der Waals surface area contributed by atoms with Crippen LogP contribution in [0.25, 0.3) is 0 Å². The van der Waals surface area contributed by atoms with Gasteiger partial charge in [0.2, 0.25) is 0 Å². The predicted molar refractivity (Wildman–Crippen MR) is 103 cm³/mol. The topological polar surface area (TPSA) is 61.8 Å². The van der Waals surface area contributed by atoms with Gasteiger partial charge in [-0.25, -0.2) is 4.79 Å². The quantitative estimate of drug-likeness (QED) is 0.785. The van der Waals surface area contributed by atoms with E-state index in [-0.39, 0.29) is 0 Å². The van der Waals surface area contributed by atoms with Crippen LogP contribution in [0, 0.1) is 5.92 Å². The lowest BCUT2D eigenvalue weighted by Gasteiger charge is -2.31. The number of hydrogen-bond donors (Lipinski definition) is 2. The number of nitrogens with zero attached hydrogens (tertiary/aromatic N) is 1. The number of amides is 1. The third-order valence-corrected chi connectivity index (χ3v) is 4.86. The van der Waals surface area contributed by atoms with Gasteiger partial charge in [-0.05, 0) is 68.1 Å². The van der Waals surface area contributed by atoms with Crippen molar-refractivity contribution in [3.63, 3.8) is 0 Å². The molecule has 2 aromatic carbocycles. The Labute approximate surface area is 154 Å². The van der Waals surface area contributed by atoms with Gasteiger partial charge in [-0.1, -0.05) is 30.3 Å². The zero-order valence-corrected chi connectivity index (χ0v) is 14.9.